The van der Waals surface area contributed by atoms with Crippen LogP contribution in [0.15, 0.2) is 60.9 Å². The third kappa shape index (κ3) is 4.38. The second-order valence-electron chi connectivity index (χ2n) is 7.94. The molecule has 1 atom stereocenters. The van der Waals surface area contributed by atoms with Gasteiger partial charge in [0, 0.05) is 42.7 Å². The second kappa shape index (κ2) is 8.43. The Morgan fingerprint density at radius 2 is 2.00 bits per heavy atom. The summed E-state index contributed by atoms with van der Waals surface area (Å²) in [6, 6.07) is 13.6. The number of piperidine rings is 1. The molecule has 0 spiro atoms. The van der Waals surface area contributed by atoms with E-state index in [1.807, 2.05) is 30.5 Å². The van der Waals surface area contributed by atoms with Crippen molar-refractivity contribution in [1.82, 2.24) is 14.5 Å². The fourth-order valence-corrected chi connectivity index (χ4v) is 4.34. The van der Waals surface area contributed by atoms with Crippen molar-refractivity contribution in [3.05, 3.63) is 83.8 Å². The van der Waals surface area contributed by atoms with Gasteiger partial charge in [0.15, 0.2) is 0 Å². The number of nitrogens with zero attached hydrogens (tertiary/aromatic N) is 3. The summed E-state index contributed by atoms with van der Waals surface area (Å²) >= 11 is 0. The number of hydrogen-bond acceptors (Lipinski definition) is 3. The van der Waals surface area contributed by atoms with Crippen LogP contribution < -0.4 is 0 Å². The molecule has 0 saturated carbocycles. The van der Waals surface area contributed by atoms with Crippen molar-refractivity contribution in [1.29, 1.82) is 0 Å². The number of pyridine rings is 1. The van der Waals surface area contributed by atoms with Gasteiger partial charge in [-0.3, -0.25) is 4.90 Å². The Bertz CT molecular complexity index is 960. The van der Waals surface area contributed by atoms with Crippen LogP contribution in [0.5, 0.6) is 0 Å². The number of aliphatic hydroxyl groups excluding tert-OH is 1. The first-order valence-electron chi connectivity index (χ1n) is 9.93. The summed E-state index contributed by atoms with van der Waals surface area (Å²) < 4.78 is 29.5. The fraction of sp³-hybridized carbons (Fsp3) is 0.348. The minimum absolute atomic E-state index is 0.0262. The molecule has 3 aromatic rings. The Morgan fingerprint density at radius 1 is 1.10 bits per heavy atom. The van der Waals surface area contributed by atoms with Gasteiger partial charge >= 0.3 is 0 Å². The largest absolute Gasteiger partial charge is 0.396 e. The van der Waals surface area contributed by atoms with Crippen LogP contribution in [0.25, 0.3) is 5.82 Å². The van der Waals surface area contributed by atoms with E-state index in [0.717, 1.165) is 43.5 Å². The first-order chi connectivity index (χ1) is 14.1. The summed E-state index contributed by atoms with van der Waals surface area (Å²) in [5.41, 5.74) is 1.14. The van der Waals surface area contributed by atoms with Gasteiger partial charge in [-0.2, -0.15) is 0 Å². The zero-order chi connectivity index (χ0) is 20.3. The van der Waals surface area contributed by atoms with Crippen LogP contribution >= 0.6 is 0 Å². The van der Waals surface area contributed by atoms with Gasteiger partial charge in [0.05, 0.1) is 6.61 Å². The summed E-state index contributed by atoms with van der Waals surface area (Å²) in [7, 11) is 0. The van der Waals surface area contributed by atoms with E-state index in [-0.39, 0.29) is 6.61 Å². The third-order valence-electron chi connectivity index (χ3n) is 5.77. The summed E-state index contributed by atoms with van der Waals surface area (Å²) in [4.78, 5) is 6.73. The van der Waals surface area contributed by atoms with E-state index in [4.69, 9.17) is 0 Å². The number of halogens is 2. The van der Waals surface area contributed by atoms with Crippen LogP contribution in [-0.2, 0) is 13.0 Å². The highest BCUT2D eigenvalue weighted by Crippen LogP contribution is 2.35. The van der Waals surface area contributed by atoms with Crippen LogP contribution in [0.1, 0.15) is 24.1 Å². The van der Waals surface area contributed by atoms with Crippen molar-refractivity contribution < 1.29 is 13.9 Å². The van der Waals surface area contributed by atoms with E-state index in [9.17, 15) is 13.9 Å². The van der Waals surface area contributed by atoms with Gasteiger partial charge in [0.25, 0.3) is 0 Å². The normalized spacial score (nSPS) is 20.1. The molecule has 6 heteroatoms. The Balaban J connectivity index is 1.51. The summed E-state index contributed by atoms with van der Waals surface area (Å²) in [6.07, 6.45) is 5.90. The van der Waals surface area contributed by atoms with Gasteiger partial charge in [-0.05, 0) is 61.7 Å². The minimum atomic E-state index is -0.579. The highest BCUT2D eigenvalue weighted by molar-refractivity contribution is 5.27. The van der Waals surface area contributed by atoms with E-state index in [1.54, 1.807) is 6.20 Å². The Labute approximate surface area is 169 Å². The molecule has 152 valence electrons. The van der Waals surface area contributed by atoms with Crippen LogP contribution in [0.2, 0.25) is 0 Å². The molecule has 3 heterocycles. The standard InChI is InChI=1S/C23H25F2N3O/c24-19-8-7-18(21(25)13-19)14-23(17-29)9-4-11-27(16-23)15-20-5-3-12-28(20)22-6-1-2-10-26-22/h1-3,5-8,10,12-13,29H,4,9,11,14-17H2. The van der Waals surface area contributed by atoms with E-state index in [0.29, 0.717) is 18.5 Å². The molecule has 29 heavy (non-hydrogen) atoms. The van der Waals surface area contributed by atoms with Crippen LogP contribution in [0.3, 0.4) is 0 Å². The molecule has 1 fully saturated rings. The third-order valence-corrected chi connectivity index (χ3v) is 5.77. The molecule has 1 aliphatic rings. The van der Waals surface area contributed by atoms with Gasteiger partial charge < -0.3 is 9.67 Å². The first-order valence-corrected chi connectivity index (χ1v) is 9.93. The summed E-state index contributed by atoms with van der Waals surface area (Å²) in [5.74, 6) is -0.254. The van der Waals surface area contributed by atoms with E-state index >= 15 is 0 Å². The zero-order valence-corrected chi connectivity index (χ0v) is 16.3. The lowest BCUT2D eigenvalue weighted by molar-refractivity contribution is 0.0276. The van der Waals surface area contributed by atoms with Crippen LogP contribution in [0, 0.1) is 17.0 Å². The smallest absolute Gasteiger partial charge is 0.136 e. The number of benzene rings is 1. The van der Waals surface area contributed by atoms with Gasteiger partial charge in [-0.15, -0.1) is 0 Å². The van der Waals surface area contributed by atoms with Gasteiger partial charge in [-0.1, -0.05) is 12.1 Å². The predicted molar refractivity (Wildman–Crippen MR) is 108 cm³/mol. The molecule has 1 unspecified atom stereocenters. The topological polar surface area (TPSA) is 41.3 Å². The number of hydrogen-bond donors (Lipinski definition) is 1. The van der Waals surface area contributed by atoms with E-state index in [1.165, 1.54) is 12.1 Å². The molecule has 4 nitrogen and oxygen atoms in total. The van der Waals surface area contributed by atoms with Crippen molar-refractivity contribution in [2.45, 2.75) is 25.8 Å². The Morgan fingerprint density at radius 3 is 2.76 bits per heavy atom. The molecule has 2 aromatic heterocycles. The van der Waals surface area contributed by atoms with Crippen molar-refractivity contribution in [3.63, 3.8) is 0 Å². The molecular weight excluding hydrogens is 372 g/mol. The lowest BCUT2D eigenvalue weighted by atomic mass is 9.75. The number of aromatic nitrogens is 2. The van der Waals surface area contributed by atoms with Crippen molar-refractivity contribution in [2.75, 3.05) is 19.7 Å². The summed E-state index contributed by atoms with van der Waals surface area (Å²) in [5, 5.41) is 10.2. The maximum Gasteiger partial charge on any atom is 0.136 e. The van der Waals surface area contributed by atoms with Crippen molar-refractivity contribution in [2.24, 2.45) is 5.41 Å². The zero-order valence-electron chi connectivity index (χ0n) is 16.3. The van der Waals surface area contributed by atoms with Gasteiger partial charge in [0.2, 0.25) is 0 Å². The van der Waals surface area contributed by atoms with Crippen molar-refractivity contribution in [3.8, 4) is 5.82 Å². The maximum atomic E-state index is 14.2. The molecule has 0 amide bonds. The lowest BCUT2D eigenvalue weighted by Crippen LogP contribution is -2.46. The average molecular weight is 397 g/mol. The molecule has 0 bridgehead atoms. The summed E-state index contributed by atoms with van der Waals surface area (Å²) in [6.45, 7) is 2.27. The lowest BCUT2D eigenvalue weighted by Gasteiger charge is -2.42. The average Bonchev–Trinajstić information content (AvgIpc) is 3.19. The monoisotopic (exact) mass is 397 g/mol. The molecule has 0 aliphatic carbocycles. The predicted octanol–water partition coefficient (Wildman–Crippen LogP) is 3.97. The van der Waals surface area contributed by atoms with Crippen LogP contribution in [-0.4, -0.2) is 39.3 Å². The highest BCUT2D eigenvalue weighted by atomic mass is 19.1. The van der Waals surface area contributed by atoms with Crippen LogP contribution in [0.4, 0.5) is 8.78 Å². The molecule has 1 N–H and O–H groups in total. The quantitative estimate of drug-likeness (QED) is 0.684. The van der Waals surface area contributed by atoms with Gasteiger partial charge in [-0.25, -0.2) is 13.8 Å². The Kier molecular flexibility index (Phi) is 5.74. The Hall–Kier alpha value is -2.57. The number of rotatable bonds is 6. The molecule has 0 radical (unpaired) electrons. The molecule has 1 aliphatic heterocycles. The number of likely N-dealkylation sites (tertiary alicyclic amines) is 1. The molecular formula is C23H25F2N3O. The van der Waals surface area contributed by atoms with E-state index in [2.05, 4.69) is 20.5 Å². The first kappa shape index (κ1) is 19.7. The fourth-order valence-electron chi connectivity index (χ4n) is 4.34. The van der Waals surface area contributed by atoms with Crippen molar-refractivity contribution >= 4 is 0 Å². The van der Waals surface area contributed by atoms with Gasteiger partial charge in [0.1, 0.15) is 17.5 Å². The maximum absolute atomic E-state index is 14.2. The minimum Gasteiger partial charge on any atom is -0.396 e. The molecule has 1 aromatic carbocycles. The second-order valence-corrected chi connectivity index (χ2v) is 7.94. The molecule has 1 saturated heterocycles. The molecule has 4 rings (SSSR count). The van der Waals surface area contributed by atoms with E-state index < -0.39 is 17.0 Å². The number of aliphatic hydroxyl groups is 1. The highest BCUT2D eigenvalue weighted by Gasteiger charge is 2.36. The SMILES string of the molecule is OCC1(Cc2ccc(F)cc2F)CCCN(Cc2cccn2-c2ccccn2)C1.